The number of halogens is 2. The molecule has 0 atom stereocenters. The van der Waals surface area contributed by atoms with E-state index < -0.39 is 5.91 Å². The number of hydrogen-bond acceptors (Lipinski definition) is 6. The Kier molecular flexibility index (Phi) is 9.82. The van der Waals surface area contributed by atoms with Crippen LogP contribution in [-0.4, -0.2) is 40.4 Å². The molecule has 1 heterocycles. The maximum absolute atomic E-state index is 14.5. The zero-order valence-corrected chi connectivity index (χ0v) is 19.8. The minimum absolute atomic E-state index is 0.0524. The summed E-state index contributed by atoms with van der Waals surface area (Å²) in [4.78, 5) is 23.2. The van der Waals surface area contributed by atoms with Gasteiger partial charge in [0.1, 0.15) is 16.9 Å². The van der Waals surface area contributed by atoms with Gasteiger partial charge in [0, 0.05) is 24.2 Å². The van der Waals surface area contributed by atoms with Crippen molar-refractivity contribution in [2.75, 3.05) is 24.6 Å². The van der Waals surface area contributed by atoms with Crippen molar-refractivity contribution in [3.63, 3.8) is 0 Å². The molecule has 7 nitrogen and oxygen atoms in total. The molecule has 2 aromatic rings. The molecular weight excluding hydrogens is 431 g/mol. The maximum Gasteiger partial charge on any atom is 0.269 e. The Labute approximate surface area is 194 Å². The minimum atomic E-state index is -0.419. The lowest BCUT2D eigenvalue weighted by Gasteiger charge is -2.27. The van der Waals surface area contributed by atoms with Gasteiger partial charge in [-0.15, -0.1) is 0 Å². The normalized spacial score (nSPS) is 11.0. The number of carbonyl (C=O) groups excluding carboxylic acids is 1. The fourth-order valence-electron chi connectivity index (χ4n) is 3.32. The van der Waals surface area contributed by atoms with Gasteiger partial charge in [0.05, 0.1) is 6.20 Å². The molecule has 1 N–H and O–H groups in total. The van der Waals surface area contributed by atoms with Crippen molar-refractivity contribution >= 4 is 23.3 Å². The van der Waals surface area contributed by atoms with Gasteiger partial charge in [-0.2, -0.15) is 10.2 Å². The Morgan fingerprint density at radius 3 is 2.56 bits per heavy atom. The Bertz CT molecular complexity index is 956. The molecule has 32 heavy (non-hydrogen) atoms. The summed E-state index contributed by atoms with van der Waals surface area (Å²) in [5.74, 6) is -0.414. The average molecular weight is 461 g/mol. The van der Waals surface area contributed by atoms with Gasteiger partial charge in [0.25, 0.3) is 5.91 Å². The highest BCUT2D eigenvalue weighted by atomic mass is 35.5. The second-order valence-corrected chi connectivity index (χ2v) is 8.41. The van der Waals surface area contributed by atoms with Crippen molar-refractivity contribution in [2.45, 2.75) is 47.1 Å². The number of nitrogens with zero attached hydrogens (tertiary/aromatic N) is 5. The van der Waals surface area contributed by atoms with Crippen molar-refractivity contribution < 1.29 is 9.18 Å². The molecule has 0 saturated carbocycles. The summed E-state index contributed by atoms with van der Waals surface area (Å²) in [6.07, 6.45) is 3.26. The summed E-state index contributed by atoms with van der Waals surface area (Å²) in [7, 11) is 0. The zero-order chi connectivity index (χ0) is 23.7. The van der Waals surface area contributed by atoms with E-state index in [9.17, 15) is 9.18 Å². The van der Waals surface area contributed by atoms with Gasteiger partial charge >= 0.3 is 0 Å². The van der Waals surface area contributed by atoms with Crippen LogP contribution in [0.15, 0.2) is 24.4 Å². The lowest BCUT2D eigenvalue weighted by molar-refractivity contribution is 0.0947. The molecule has 0 unspecified atom stereocenters. The Balaban J connectivity index is 2.29. The van der Waals surface area contributed by atoms with E-state index in [0.29, 0.717) is 24.2 Å². The molecule has 2 rings (SSSR count). The van der Waals surface area contributed by atoms with Crippen LogP contribution in [0, 0.1) is 23.1 Å². The number of carbonyl (C=O) groups is 1. The monoisotopic (exact) mass is 460 g/mol. The predicted molar refractivity (Wildman–Crippen MR) is 124 cm³/mol. The molecule has 1 aromatic carbocycles. The van der Waals surface area contributed by atoms with Gasteiger partial charge in [-0.05, 0) is 50.0 Å². The first-order valence-electron chi connectivity index (χ1n) is 10.8. The second-order valence-electron chi connectivity index (χ2n) is 8.00. The molecule has 1 aromatic heterocycles. The molecule has 0 aliphatic rings. The van der Waals surface area contributed by atoms with Crippen LogP contribution in [0.1, 0.15) is 62.3 Å². The molecule has 0 aliphatic heterocycles. The van der Waals surface area contributed by atoms with E-state index in [1.807, 2.05) is 19.9 Å². The third kappa shape index (κ3) is 7.14. The van der Waals surface area contributed by atoms with Gasteiger partial charge in [-0.25, -0.2) is 9.37 Å². The summed E-state index contributed by atoms with van der Waals surface area (Å²) in [6.45, 7) is 10.7. The Morgan fingerprint density at radius 1 is 1.28 bits per heavy atom. The number of nitrogens with one attached hydrogen (secondary N) is 1. The summed E-state index contributed by atoms with van der Waals surface area (Å²) in [6, 6.07) is 6.23. The Morgan fingerprint density at radius 2 is 1.97 bits per heavy atom. The highest BCUT2D eigenvalue weighted by molar-refractivity contribution is 6.32. The number of benzene rings is 1. The third-order valence-corrected chi connectivity index (χ3v) is 4.91. The number of hydrogen-bond donors (Lipinski definition) is 1. The summed E-state index contributed by atoms with van der Waals surface area (Å²) in [5.41, 5.74) is 3.60. The van der Waals surface area contributed by atoms with Crippen LogP contribution in [0.3, 0.4) is 0 Å². The zero-order valence-electron chi connectivity index (χ0n) is 19.0. The second kappa shape index (κ2) is 12.3. The fraction of sp³-hybridized carbons (Fsp3) is 0.478. The lowest BCUT2D eigenvalue weighted by atomic mass is 10.1. The predicted octanol–water partition coefficient (Wildman–Crippen LogP) is 4.57. The average Bonchev–Trinajstić information content (AvgIpc) is 2.75. The molecule has 0 spiro atoms. The van der Waals surface area contributed by atoms with E-state index in [2.05, 4.69) is 34.1 Å². The van der Waals surface area contributed by atoms with Crippen molar-refractivity contribution in [1.29, 1.82) is 5.26 Å². The topological polar surface area (TPSA) is 85.2 Å². The van der Waals surface area contributed by atoms with Gasteiger partial charge in [0.2, 0.25) is 5.82 Å². The van der Waals surface area contributed by atoms with Gasteiger partial charge in [0.15, 0.2) is 5.82 Å². The SMILES string of the molecule is CCCN(CCC)Cc1cc(C(=O)NN(CC(C)C)c2nc(C#N)ncc2Cl)ccc1F. The molecule has 172 valence electrons. The number of rotatable bonds is 11. The molecule has 0 radical (unpaired) electrons. The number of nitriles is 1. The van der Waals surface area contributed by atoms with Crippen LogP contribution in [0.5, 0.6) is 0 Å². The van der Waals surface area contributed by atoms with E-state index in [1.165, 1.54) is 23.3 Å². The lowest BCUT2D eigenvalue weighted by Crippen LogP contribution is -2.45. The van der Waals surface area contributed by atoms with Crippen molar-refractivity contribution in [3.8, 4) is 6.07 Å². The van der Waals surface area contributed by atoms with Crippen LogP contribution in [0.25, 0.3) is 0 Å². The van der Waals surface area contributed by atoms with Crippen LogP contribution in [0.4, 0.5) is 10.2 Å². The molecule has 0 bridgehead atoms. The van der Waals surface area contributed by atoms with E-state index in [4.69, 9.17) is 16.9 Å². The van der Waals surface area contributed by atoms with Gasteiger partial charge in [-0.1, -0.05) is 39.3 Å². The number of amides is 1. The molecule has 9 heteroatoms. The van der Waals surface area contributed by atoms with Crippen molar-refractivity contribution in [1.82, 2.24) is 20.3 Å². The largest absolute Gasteiger partial charge is 0.299 e. The summed E-state index contributed by atoms with van der Waals surface area (Å²) >= 11 is 6.24. The first-order valence-corrected chi connectivity index (χ1v) is 11.2. The molecule has 0 saturated heterocycles. The smallest absolute Gasteiger partial charge is 0.269 e. The number of hydrazine groups is 1. The molecular formula is C23H30ClFN6O. The minimum Gasteiger partial charge on any atom is -0.299 e. The first-order chi connectivity index (χ1) is 15.3. The highest BCUT2D eigenvalue weighted by Gasteiger charge is 2.20. The van der Waals surface area contributed by atoms with Crippen LogP contribution in [-0.2, 0) is 6.54 Å². The molecule has 0 fully saturated rings. The maximum atomic E-state index is 14.5. The van der Waals surface area contributed by atoms with Gasteiger partial charge < -0.3 is 0 Å². The van der Waals surface area contributed by atoms with Gasteiger partial charge in [-0.3, -0.25) is 20.1 Å². The summed E-state index contributed by atoms with van der Waals surface area (Å²) in [5, 5.41) is 10.8. The van der Waals surface area contributed by atoms with Crippen LogP contribution >= 0.6 is 11.6 Å². The Hall–Kier alpha value is -2.76. The summed E-state index contributed by atoms with van der Waals surface area (Å²) < 4.78 is 14.5. The number of anilines is 1. The quantitative estimate of drug-likeness (QED) is 0.494. The van der Waals surface area contributed by atoms with E-state index in [1.54, 1.807) is 6.07 Å². The van der Waals surface area contributed by atoms with E-state index >= 15 is 0 Å². The van der Waals surface area contributed by atoms with Crippen LogP contribution < -0.4 is 10.4 Å². The molecule has 0 aliphatic carbocycles. The van der Waals surface area contributed by atoms with Crippen molar-refractivity contribution in [2.24, 2.45) is 5.92 Å². The number of aromatic nitrogens is 2. The highest BCUT2D eigenvalue weighted by Crippen LogP contribution is 2.22. The van der Waals surface area contributed by atoms with E-state index in [-0.39, 0.29) is 28.4 Å². The molecule has 1 amide bonds. The fourth-order valence-corrected chi connectivity index (χ4v) is 3.51. The van der Waals surface area contributed by atoms with Crippen molar-refractivity contribution in [3.05, 3.63) is 52.2 Å². The standard InChI is InChI=1S/C23H30ClFN6O/c1-5-9-30(10-6-2)15-18-11-17(7-8-20(18)25)23(32)29-31(14-16(3)4)22-19(24)13-27-21(12-26)28-22/h7-8,11,13,16H,5-6,9-10,14-15H2,1-4H3,(H,29,32). The van der Waals surface area contributed by atoms with E-state index in [0.717, 1.165) is 25.9 Å². The third-order valence-electron chi connectivity index (χ3n) is 4.65. The van der Waals surface area contributed by atoms with Crippen LogP contribution in [0.2, 0.25) is 5.02 Å². The first kappa shape index (κ1) is 25.5.